The molecule has 1 aliphatic rings. The molecule has 0 aliphatic carbocycles. The van der Waals surface area contributed by atoms with Gasteiger partial charge in [0.15, 0.2) is 0 Å². The molecule has 0 saturated carbocycles. The molecule has 3 N–H and O–H groups in total. The normalized spacial score (nSPS) is 15.9. The van der Waals surface area contributed by atoms with Crippen LogP contribution in [-0.2, 0) is 9.59 Å². The van der Waals surface area contributed by atoms with Gasteiger partial charge in [0.05, 0.1) is 6.54 Å². The third-order valence-electron chi connectivity index (χ3n) is 3.03. The number of nitrogens with zero attached hydrogens (tertiary/aromatic N) is 1. The molecule has 7 nitrogen and oxygen atoms in total. The minimum absolute atomic E-state index is 0.00809. The molecule has 1 rings (SSSR count). The maximum atomic E-state index is 11.7. The van der Waals surface area contributed by atoms with E-state index in [0.717, 1.165) is 25.9 Å². The number of urea groups is 1. The van der Waals surface area contributed by atoms with Crippen LogP contribution in [0.4, 0.5) is 4.79 Å². The quantitative estimate of drug-likeness (QED) is 0.641. The lowest BCUT2D eigenvalue weighted by atomic mass is 10.2. The van der Waals surface area contributed by atoms with E-state index in [-0.39, 0.29) is 24.9 Å². The zero-order valence-electron chi connectivity index (χ0n) is 11.1. The van der Waals surface area contributed by atoms with Crippen molar-refractivity contribution in [3.8, 4) is 0 Å². The summed E-state index contributed by atoms with van der Waals surface area (Å²) in [5.41, 5.74) is 0. The van der Waals surface area contributed by atoms with Crippen molar-refractivity contribution in [3.63, 3.8) is 0 Å². The summed E-state index contributed by atoms with van der Waals surface area (Å²) in [5.74, 6) is -0.968. The van der Waals surface area contributed by atoms with Crippen LogP contribution >= 0.6 is 0 Å². The van der Waals surface area contributed by atoms with Gasteiger partial charge in [-0.15, -0.1) is 0 Å². The van der Waals surface area contributed by atoms with Crippen molar-refractivity contribution in [2.24, 2.45) is 0 Å². The SMILES string of the molecule is CC(CCC(=O)O)NC(=O)NCC(=O)N1CCCC1. The summed E-state index contributed by atoms with van der Waals surface area (Å²) in [6.45, 7) is 3.23. The minimum atomic E-state index is -0.890. The van der Waals surface area contributed by atoms with Crippen LogP contribution in [0, 0.1) is 0 Å². The molecular weight excluding hydrogens is 250 g/mol. The Kier molecular flexibility index (Phi) is 6.11. The summed E-state index contributed by atoms with van der Waals surface area (Å²) in [6.07, 6.45) is 2.41. The summed E-state index contributed by atoms with van der Waals surface area (Å²) in [6, 6.07) is -0.677. The van der Waals surface area contributed by atoms with Crippen molar-refractivity contribution in [2.45, 2.75) is 38.6 Å². The molecule has 1 saturated heterocycles. The van der Waals surface area contributed by atoms with Crippen molar-refractivity contribution in [1.29, 1.82) is 0 Å². The Labute approximate surface area is 112 Å². The van der Waals surface area contributed by atoms with Gasteiger partial charge in [0.1, 0.15) is 0 Å². The molecule has 1 heterocycles. The van der Waals surface area contributed by atoms with Crippen molar-refractivity contribution in [2.75, 3.05) is 19.6 Å². The van der Waals surface area contributed by atoms with Gasteiger partial charge in [-0.25, -0.2) is 4.79 Å². The first kappa shape index (κ1) is 15.3. The van der Waals surface area contributed by atoms with Crippen LogP contribution in [0.5, 0.6) is 0 Å². The van der Waals surface area contributed by atoms with E-state index in [9.17, 15) is 14.4 Å². The lowest BCUT2D eigenvalue weighted by Crippen LogP contribution is -2.45. The number of hydrogen-bond donors (Lipinski definition) is 3. The largest absolute Gasteiger partial charge is 0.481 e. The number of carboxylic acid groups (broad SMARTS) is 1. The minimum Gasteiger partial charge on any atom is -0.481 e. The van der Waals surface area contributed by atoms with Gasteiger partial charge in [-0.05, 0) is 26.2 Å². The molecule has 7 heteroatoms. The first-order valence-electron chi connectivity index (χ1n) is 6.53. The molecule has 3 amide bonds. The molecule has 0 aromatic heterocycles. The average molecular weight is 271 g/mol. The maximum absolute atomic E-state index is 11.7. The van der Waals surface area contributed by atoms with Crippen LogP contribution in [0.2, 0.25) is 0 Å². The van der Waals surface area contributed by atoms with Gasteiger partial charge >= 0.3 is 12.0 Å². The van der Waals surface area contributed by atoms with E-state index in [1.807, 2.05) is 0 Å². The third kappa shape index (κ3) is 6.08. The van der Waals surface area contributed by atoms with Crippen LogP contribution in [0.3, 0.4) is 0 Å². The number of carboxylic acids is 1. The number of aliphatic carboxylic acids is 1. The molecule has 0 spiro atoms. The average Bonchev–Trinajstić information content (AvgIpc) is 2.87. The van der Waals surface area contributed by atoms with Crippen molar-refractivity contribution >= 4 is 17.9 Å². The predicted molar refractivity (Wildman–Crippen MR) is 68.7 cm³/mol. The number of likely N-dealkylation sites (tertiary alicyclic amines) is 1. The summed E-state index contributed by atoms with van der Waals surface area (Å²) in [7, 11) is 0. The molecule has 1 aliphatic heterocycles. The second-order valence-electron chi connectivity index (χ2n) is 4.75. The zero-order valence-corrected chi connectivity index (χ0v) is 11.1. The fourth-order valence-electron chi connectivity index (χ4n) is 1.92. The Balaban J connectivity index is 2.16. The Morgan fingerprint density at radius 2 is 1.89 bits per heavy atom. The number of hydrogen-bond acceptors (Lipinski definition) is 3. The number of carbonyl (C=O) groups excluding carboxylic acids is 2. The molecule has 1 fully saturated rings. The molecule has 0 aromatic carbocycles. The van der Waals surface area contributed by atoms with Gasteiger partial charge in [-0.3, -0.25) is 9.59 Å². The first-order chi connectivity index (χ1) is 8.99. The molecule has 1 atom stereocenters. The highest BCUT2D eigenvalue weighted by atomic mass is 16.4. The smallest absolute Gasteiger partial charge is 0.315 e. The highest BCUT2D eigenvalue weighted by molar-refractivity contribution is 5.84. The van der Waals surface area contributed by atoms with Crippen LogP contribution in [0.25, 0.3) is 0 Å². The monoisotopic (exact) mass is 271 g/mol. The summed E-state index contributed by atoms with van der Waals surface area (Å²) in [5, 5.41) is 13.6. The van der Waals surface area contributed by atoms with Crippen molar-refractivity contribution in [1.82, 2.24) is 15.5 Å². The second-order valence-corrected chi connectivity index (χ2v) is 4.75. The molecule has 0 radical (unpaired) electrons. The third-order valence-corrected chi connectivity index (χ3v) is 3.03. The highest BCUT2D eigenvalue weighted by Crippen LogP contribution is 2.06. The Morgan fingerprint density at radius 1 is 1.26 bits per heavy atom. The van der Waals surface area contributed by atoms with Gasteiger partial charge in [-0.2, -0.15) is 0 Å². The fourth-order valence-corrected chi connectivity index (χ4v) is 1.92. The number of rotatable bonds is 6. The van der Waals surface area contributed by atoms with Crippen molar-refractivity contribution < 1.29 is 19.5 Å². The Bertz CT molecular complexity index is 340. The van der Waals surface area contributed by atoms with E-state index in [1.54, 1.807) is 11.8 Å². The molecule has 0 bridgehead atoms. The van der Waals surface area contributed by atoms with Gasteiger partial charge in [0.2, 0.25) is 5.91 Å². The lowest BCUT2D eigenvalue weighted by Gasteiger charge is -2.17. The molecule has 1 unspecified atom stereocenters. The molecule has 0 aromatic rings. The Morgan fingerprint density at radius 3 is 2.47 bits per heavy atom. The molecule has 108 valence electrons. The van der Waals surface area contributed by atoms with E-state index in [1.165, 1.54) is 0 Å². The van der Waals surface area contributed by atoms with Gasteiger partial charge in [-0.1, -0.05) is 0 Å². The van der Waals surface area contributed by atoms with E-state index in [2.05, 4.69) is 10.6 Å². The summed E-state index contributed by atoms with van der Waals surface area (Å²) in [4.78, 5) is 35.2. The summed E-state index contributed by atoms with van der Waals surface area (Å²) >= 11 is 0. The van der Waals surface area contributed by atoms with Gasteiger partial charge in [0.25, 0.3) is 0 Å². The highest BCUT2D eigenvalue weighted by Gasteiger charge is 2.18. The van der Waals surface area contributed by atoms with E-state index in [0.29, 0.717) is 6.42 Å². The number of amides is 3. The van der Waals surface area contributed by atoms with Crippen LogP contribution < -0.4 is 10.6 Å². The van der Waals surface area contributed by atoms with E-state index in [4.69, 9.17) is 5.11 Å². The molecule has 19 heavy (non-hydrogen) atoms. The van der Waals surface area contributed by atoms with Crippen LogP contribution in [-0.4, -0.2) is 53.6 Å². The number of carbonyl (C=O) groups is 3. The topological polar surface area (TPSA) is 98.7 Å². The summed E-state index contributed by atoms with van der Waals surface area (Å²) < 4.78 is 0. The predicted octanol–water partition coefficient (Wildman–Crippen LogP) is 0.161. The maximum Gasteiger partial charge on any atom is 0.315 e. The Hall–Kier alpha value is -1.79. The van der Waals surface area contributed by atoms with Gasteiger partial charge < -0.3 is 20.6 Å². The second kappa shape index (κ2) is 7.60. The zero-order chi connectivity index (χ0) is 14.3. The van der Waals surface area contributed by atoms with Crippen molar-refractivity contribution in [3.05, 3.63) is 0 Å². The first-order valence-corrected chi connectivity index (χ1v) is 6.53. The number of nitrogens with one attached hydrogen (secondary N) is 2. The fraction of sp³-hybridized carbons (Fsp3) is 0.750. The van der Waals surface area contributed by atoms with Crippen LogP contribution in [0.1, 0.15) is 32.6 Å². The van der Waals surface area contributed by atoms with Gasteiger partial charge in [0, 0.05) is 25.6 Å². The van der Waals surface area contributed by atoms with E-state index >= 15 is 0 Å². The van der Waals surface area contributed by atoms with E-state index < -0.39 is 12.0 Å². The standard InChI is InChI=1S/C12H21N3O4/c1-9(4-5-11(17)18)14-12(19)13-8-10(16)15-6-2-3-7-15/h9H,2-8H2,1H3,(H,17,18)(H2,13,14,19). The lowest BCUT2D eigenvalue weighted by molar-refractivity contribution is -0.137. The molecular formula is C12H21N3O4. The van der Waals surface area contributed by atoms with Crippen LogP contribution in [0.15, 0.2) is 0 Å².